The Hall–Kier alpha value is -0.0200. The second-order valence-electron chi connectivity index (χ2n) is 12.2. The van der Waals surface area contributed by atoms with E-state index in [4.69, 9.17) is 9.47 Å². The van der Waals surface area contributed by atoms with Crippen LogP contribution in [0.15, 0.2) is 12.1 Å². The van der Waals surface area contributed by atoms with Crippen LogP contribution in [0, 0.1) is 40.3 Å². The van der Waals surface area contributed by atoms with E-state index < -0.39 is 11.8 Å². The number of hydrogen-bond donors (Lipinski definition) is 0. The summed E-state index contributed by atoms with van der Waals surface area (Å²) in [6.45, 7) is 8.72. The molecule has 0 aromatic heterocycles. The van der Waals surface area contributed by atoms with Crippen LogP contribution >= 0.6 is 67.8 Å². The summed E-state index contributed by atoms with van der Waals surface area (Å²) in [5, 5.41) is 0. The molecule has 0 spiro atoms. The van der Waals surface area contributed by atoms with Crippen molar-refractivity contribution >= 4 is 85.5 Å². The Labute approximate surface area is 253 Å². The fourth-order valence-electron chi connectivity index (χ4n) is 7.47. The Morgan fingerprint density at radius 3 is 2.36 bits per heavy atom. The molecule has 5 rings (SSSR count). The van der Waals surface area contributed by atoms with Gasteiger partial charge in [0.2, 0.25) is 0 Å². The third-order valence-corrected chi connectivity index (χ3v) is 13.0. The number of esters is 2. The summed E-state index contributed by atoms with van der Waals surface area (Å²) in [6.07, 6.45) is 2.09. The second-order valence-corrected chi connectivity index (χ2v) is 15.7. The molecule has 6 unspecified atom stereocenters. The first kappa shape index (κ1) is 27.5. The summed E-state index contributed by atoms with van der Waals surface area (Å²) in [7, 11) is 2.13. The van der Waals surface area contributed by atoms with Crippen LogP contribution < -0.4 is 0 Å². The quantitative estimate of drug-likeness (QED) is 0.165. The zero-order valence-corrected chi connectivity index (χ0v) is 27.6. The Morgan fingerprint density at radius 2 is 1.72 bits per heavy atom. The number of piperidine rings is 1. The number of nitrogens with zero attached hydrogens (tertiary/aromatic N) is 1. The number of halogens is 3. The van der Waals surface area contributed by atoms with Crippen molar-refractivity contribution in [3.05, 3.63) is 28.4 Å². The van der Waals surface area contributed by atoms with Gasteiger partial charge in [-0.3, -0.25) is 19.3 Å². The second kappa shape index (κ2) is 9.57. The van der Waals surface area contributed by atoms with E-state index in [0.717, 1.165) is 30.0 Å². The molecule has 4 aliphatic rings. The van der Waals surface area contributed by atoms with Crippen molar-refractivity contribution < 1.29 is 23.9 Å². The van der Waals surface area contributed by atoms with E-state index in [2.05, 4.69) is 113 Å². The lowest BCUT2D eigenvalue weighted by molar-refractivity contribution is -0.169. The number of hydrogen-bond acceptors (Lipinski definition) is 6. The number of ether oxygens (including phenoxy) is 2. The molecule has 4 fully saturated rings. The first-order valence-electron chi connectivity index (χ1n) is 12.5. The molecule has 0 radical (unpaired) electrons. The van der Waals surface area contributed by atoms with Crippen LogP contribution in [-0.4, -0.2) is 53.0 Å². The molecule has 2 bridgehead atoms. The molecule has 6 nitrogen and oxygen atoms in total. The van der Waals surface area contributed by atoms with Crippen molar-refractivity contribution in [3.63, 3.8) is 0 Å². The maximum atomic E-state index is 13.7. The average Bonchev–Trinajstić information content (AvgIpc) is 3.37. The minimum absolute atomic E-state index is 0.0124. The van der Waals surface area contributed by atoms with Crippen LogP contribution in [0.25, 0.3) is 0 Å². The summed E-state index contributed by atoms with van der Waals surface area (Å²) in [5.41, 5.74) is 0.510. The van der Waals surface area contributed by atoms with Gasteiger partial charge in [0.25, 0.3) is 0 Å². The number of carbonyl (C=O) groups is 3. The van der Waals surface area contributed by atoms with Crippen LogP contribution in [0.2, 0.25) is 0 Å². The predicted octanol–water partition coefficient (Wildman–Crippen LogP) is 5.69. The van der Waals surface area contributed by atoms with E-state index in [9.17, 15) is 14.4 Å². The molecule has 2 aliphatic heterocycles. The summed E-state index contributed by atoms with van der Waals surface area (Å²) in [4.78, 5) is 42.3. The standard InChI is InChI=1S/C27H32I3NO5/c1-26(2)10-13(11-27(3,4)31(26)5)35-24(33)20-14-8-17-21(20)25(34)36-23(17)15(14)9-19(32)16-6-12(28)7-18(29)22(16)30/h6-7,13-15,17,20-21,23H,8-11H2,1-5H3. The van der Waals surface area contributed by atoms with Gasteiger partial charge in [-0.2, -0.15) is 0 Å². The first-order chi connectivity index (χ1) is 16.7. The van der Waals surface area contributed by atoms with Gasteiger partial charge in [0.1, 0.15) is 12.2 Å². The van der Waals surface area contributed by atoms with Crippen LogP contribution in [0.4, 0.5) is 0 Å². The van der Waals surface area contributed by atoms with Crippen LogP contribution in [0.3, 0.4) is 0 Å². The van der Waals surface area contributed by atoms with Gasteiger partial charge in [-0.05, 0) is 127 Å². The molecule has 2 aliphatic carbocycles. The number of rotatable bonds is 5. The first-order valence-corrected chi connectivity index (χ1v) is 15.8. The maximum absolute atomic E-state index is 13.7. The highest BCUT2D eigenvalue weighted by Crippen LogP contribution is 2.62. The summed E-state index contributed by atoms with van der Waals surface area (Å²) in [5.74, 6) is -1.63. The molecule has 9 heteroatoms. The minimum atomic E-state index is -0.514. The number of fused-ring (bicyclic) bond motifs is 1. The van der Waals surface area contributed by atoms with Gasteiger partial charge in [0.15, 0.2) is 5.78 Å². The highest BCUT2D eigenvalue weighted by Gasteiger charge is 2.69. The van der Waals surface area contributed by atoms with E-state index in [1.165, 1.54) is 0 Å². The Bertz CT molecular complexity index is 1120. The number of Topliss-reactive ketones (excluding diaryl/α,β-unsaturated/α-hetero) is 1. The molecular formula is C27H32I3NO5. The van der Waals surface area contributed by atoms with E-state index in [-0.39, 0.29) is 65.2 Å². The normalized spacial score (nSPS) is 34.6. The van der Waals surface area contributed by atoms with E-state index >= 15 is 0 Å². The molecule has 2 saturated carbocycles. The van der Waals surface area contributed by atoms with Gasteiger partial charge in [0.05, 0.1) is 11.8 Å². The van der Waals surface area contributed by atoms with Crippen molar-refractivity contribution in [2.24, 2.45) is 29.6 Å². The zero-order chi connectivity index (χ0) is 26.3. The van der Waals surface area contributed by atoms with Gasteiger partial charge in [-0.15, -0.1) is 0 Å². The van der Waals surface area contributed by atoms with Gasteiger partial charge in [-0.1, -0.05) is 0 Å². The largest absolute Gasteiger partial charge is 0.462 e. The molecule has 36 heavy (non-hydrogen) atoms. The SMILES string of the molecule is CN1C(C)(C)CC(OC(=O)C2C3CC4C(OC(=O)C42)C3CC(=O)c2cc(I)cc(I)c2I)CC1(C)C. The lowest BCUT2D eigenvalue weighted by Crippen LogP contribution is -2.60. The molecule has 0 N–H and O–H groups in total. The van der Waals surface area contributed by atoms with Crippen LogP contribution in [-0.2, 0) is 19.1 Å². The van der Waals surface area contributed by atoms with Crippen LogP contribution in [0.1, 0.15) is 63.7 Å². The van der Waals surface area contributed by atoms with Crippen molar-refractivity contribution in [2.45, 2.75) is 76.7 Å². The van der Waals surface area contributed by atoms with Crippen molar-refractivity contribution in [1.29, 1.82) is 0 Å². The average molecular weight is 831 g/mol. The summed E-state index contributed by atoms with van der Waals surface area (Å²) < 4.78 is 15.0. The van der Waals surface area contributed by atoms with Gasteiger partial charge >= 0.3 is 11.9 Å². The van der Waals surface area contributed by atoms with Gasteiger partial charge < -0.3 is 9.47 Å². The molecule has 1 aromatic carbocycles. The monoisotopic (exact) mass is 831 g/mol. The van der Waals surface area contributed by atoms with Gasteiger partial charge in [0, 0.05) is 58.5 Å². The third kappa shape index (κ3) is 4.56. The molecule has 2 heterocycles. The number of ketones is 1. The highest BCUT2D eigenvalue weighted by molar-refractivity contribution is 14.1. The predicted molar refractivity (Wildman–Crippen MR) is 161 cm³/mol. The van der Waals surface area contributed by atoms with Crippen molar-refractivity contribution in [2.75, 3.05) is 7.05 Å². The fraction of sp³-hybridized carbons (Fsp3) is 0.667. The van der Waals surface area contributed by atoms with E-state index in [0.29, 0.717) is 5.56 Å². The molecule has 1 aromatic rings. The fourth-order valence-corrected chi connectivity index (χ4v) is 9.92. The maximum Gasteiger partial charge on any atom is 0.310 e. The Balaban J connectivity index is 1.36. The number of likely N-dealkylation sites (tertiary alicyclic amines) is 1. The van der Waals surface area contributed by atoms with Crippen molar-refractivity contribution in [1.82, 2.24) is 4.90 Å². The van der Waals surface area contributed by atoms with Crippen LogP contribution in [0.5, 0.6) is 0 Å². The topological polar surface area (TPSA) is 72.9 Å². The Morgan fingerprint density at radius 1 is 1.08 bits per heavy atom. The zero-order valence-electron chi connectivity index (χ0n) is 21.1. The van der Waals surface area contributed by atoms with E-state index in [1.54, 1.807) is 0 Å². The summed E-state index contributed by atoms with van der Waals surface area (Å²) in [6, 6.07) is 3.98. The molecule has 2 saturated heterocycles. The summed E-state index contributed by atoms with van der Waals surface area (Å²) >= 11 is 6.72. The lowest BCUT2D eigenvalue weighted by atomic mass is 9.72. The third-order valence-electron chi connectivity index (χ3n) is 9.31. The molecular weight excluding hydrogens is 799 g/mol. The molecule has 6 atom stereocenters. The highest BCUT2D eigenvalue weighted by atomic mass is 127. The molecule has 196 valence electrons. The minimum Gasteiger partial charge on any atom is -0.462 e. The van der Waals surface area contributed by atoms with Gasteiger partial charge in [-0.25, -0.2) is 0 Å². The number of carbonyl (C=O) groups excluding carboxylic acids is 3. The van der Waals surface area contributed by atoms with Crippen molar-refractivity contribution in [3.8, 4) is 0 Å². The number of benzene rings is 1. The lowest BCUT2D eigenvalue weighted by Gasteiger charge is -2.53. The van der Waals surface area contributed by atoms with E-state index in [1.807, 2.05) is 6.07 Å². The Kier molecular flexibility index (Phi) is 7.32. The molecule has 0 amide bonds. The smallest absolute Gasteiger partial charge is 0.310 e.